The molecular weight excluding hydrogens is 468 g/mol. The van der Waals surface area contributed by atoms with Crippen molar-refractivity contribution in [3.8, 4) is 0 Å². The van der Waals surface area contributed by atoms with Crippen molar-refractivity contribution in [2.24, 2.45) is 11.8 Å². The fraction of sp³-hybridized carbons (Fsp3) is 0.583. The summed E-state index contributed by atoms with van der Waals surface area (Å²) in [6, 6.07) is 10.1. The standard InChI is InChI=1S/C24H29ClO5S2/c1-12-16-11-29-8-7-24(12,16)18-6-4-15(32-18)10-14-9-13(3-5-17(14)25)22-20(27)19(26)21(28)23(30-22)31-2/h3-6,9,12,16,19-23,26-28H,7-8,10-11H2,1-2H3/t12-,16+,19+,20+,21-,22-,23+,24+/m0/s1. The molecule has 0 unspecified atom stereocenters. The second-order valence-electron chi connectivity index (χ2n) is 9.19. The molecule has 32 heavy (non-hydrogen) atoms. The fourth-order valence-corrected chi connectivity index (χ4v) is 7.82. The molecule has 1 saturated carbocycles. The van der Waals surface area contributed by atoms with Gasteiger partial charge in [0.05, 0.1) is 6.61 Å². The summed E-state index contributed by atoms with van der Waals surface area (Å²) in [5.41, 5.74) is 1.39. The van der Waals surface area contributed by atoms with Crippen LogP contribution in [0.1, 0.15) is 40.3 Å². The lowest BCUT2D eigenvalue weighted by molar-refractivity contribution is -0.200. The van der Waals surface area contributed by atoms with Gasteiger partial charge in [0.25, 0.3) is 0 Å². The molecular formula is C24H29ClO5S2. The first kappa shape index (κ1) is 23.1. The van der Waals surface area contributed by atoms with Crippen LogP contribution in [0.3, 0.4) is 0 Å². The average Bonchev–Trinajstić information content (AvgIpc) is 3.15. The maximum Gasteiger partial charge on any atom is 0.132 e. The molecule has 3 aliphatic rings. The summed E-state index contributed by atoms with van der Waals surface area (Å²) < 4.78 is 11.6. The number of thioether (sulfide) groups is 1. The van der Waals surface area contributed by atoms with Crippen molar-refractivity contribution in [2.45, 2.75) is 55.0 Å². The number of aliphatic hydroxyl groups is 3. The van der Waals surface area contributed by atoms with Crippen molar-refractivity contribution in [3.63, 3.8) is 0 Å². The van der Waals surface area contributed by atoms with Gasteiger partial charge in [0.15, 0.2) is 0 Å². The van der Waals surface area contributed by atoms with E-state index in [4.69, 9.17) is 21.1 Å². The number of fused-ring (bicyclic) bond motifs is 1. The predicted octanol–water partition coefficient (Wildman–Crippen LogP) is 3.76. The lowest BCUT2D eigenvalue weighted by atomic mass is 9.93. The Morgan fingerprint density at radius 2 is 1.97 bits per heavy atom. The van der Waals surface area contributed by atoms with Crippen LogP contribution in [0.2, 0.25) is 5.02 Å². The number of hydrogen-bond acceptors (Lipinski definition) is 7. The summed E-state index contributed by atoms with van der Waals surface area (Å²) >= 11 is 9.71. The second kappa shape index (κ2) is 8.86. The number of rotatable bonds is 5. The zero-order chi connectivity index (χ0) is 22.6. The number of thiophene rings is 1. The third-order valence-corrected chi connectivity index (χ3v) is 10.1. The van der Waals surface area contributed by atoms with Crippen molar-refractivity contribution in [1.29, 1.82) is 0 Å². The van der Waals surface area contributed by atoms with Crippen molar-refractivity contribution in [1.82, 2.24) is 0 Å². The number of aliphatic hydroxyl groups excluding tert-OH is 3. The summed E-state index contributed by atoms with van der Waals surface area (Å²) in [7, 11) is 0. The topological polar surface area (TPSA) is 79.2 Å². The van der Waals surface area contributed by atoms with Gasteiger partial charge in [-0.2, -0.15) is 0 Å². The molecule has 174 valence electrons. The maximum absolute atomic E-state index is 10.5. The molecule has 0 bridgehead atoms. The molecule has 2 aromatic rings. The van der Waals surface area contributed by atoms with Gasteiger partial charge in [-0.1, -0.05) is 30.7 Å². The van der Waals surface area contributed by atoms with Gasteiger partial charge in [-0.3, -0.25) is 0 Å². The average molecular weight is 497 g/mol. The lowest BCUT2D eigenvalue weighted by Crippen LogP contribution is -2.52. The number of ether oxygens (including phenoxy) is 2. The van der Waals surface area contributed by atoms with Crippen LogP contribution in [0.15, 0.2) is 30.3 Å². The zero-order valence-electron chi connectivity index (χ0n) is 18.1. The molecule has 1 aromatic heterocycles. The molecule has 5 nitrogen and oxygen atoms in total. The van der Waals surface area contributed by atoms with Gasteiger partial charge < -0.3 is 24.8 Å². The van der Waals surface area contributed by atoms with Crippen LogP contribution >= 0.6 is 34.7 Å². The highest BCUT2D eigenvalue weighted by molar-refractivity contribution is 7.99. The summed E-state index contributed by atoms with van der Waals surface area (Å²) in [6.07, 6.45) is -0.741. The Labute approximate surface area is 201 Å². The Hall–Kier alpha value is -0.640. The second-order valence-corrected chi connectivity index (χ2v) is 11.7. The first-order valence-corrected chi connectivity index (χ1v) is 13.5. The largest absolute Gasteiger partial charge is 0.387 e. The minimum absolute atomic E-state index is 0.288. The minimum Gasteiger partial charge on any atom is -0.387 e. The van der Waals surface area contributed by atoms with E-state index >= 15 is 0 Å². The van der Waals surface area contributed by atoms with E-state index in [0.717, 1.165) is 30.8 Å². The third kappa shape index (κ3) is 3.75. The van der Waals surface area contributed by atoms with Crippen LogP contribution in [0.5, 0.6) is 0 Å². The van der Waals surface area contributed by atoms with E-state index in [1.807, 2.05) is 29.5 Å². The minimum atomic E-state index is -1.27. The Bertz CT molecular complexity index is 981. The Kier molecular flexibility index (Phi) is 6.40. The van der Waals surface area contributed by atoms with E-state index in [-0.39, 0.29) is 5.41 Å². The first-order valence-electron chi connectivity index (χ1n) is 11.0. The van der Waals surface area contributed by atoms with Gasteiger partial charge in [0.2, 0.25) is 0 Å². The fourth-order valence-electron chi connectivity index (χ4n) is 5.55. The van der Waals surface area contributed by atoms with Crippen molar-refractivity contribution < 1.29 is 24.8 Å². The molecule has 0 radical (unpaired) electrons. The van der Waals surface area contributed by atoms with Crippen molar-refractivity contribution >= 4 is 34.7 Å². The van der Waals surface area contributed by atoms with Crippen molar-refractivity contribution in [3.05, 3.63) is 56.2 Å². The van der Waals surface area contributed by atoms with Gasteiger partial charge >= 0.3 is 0 Å². The number of benzene rings is 1. The molecule has 1 aliphatic carbocycles. The first-order chi connectivity index (χ1) is 15.4. The van der Waals surface area contributed by atoms with Crippen LogP contribution in [0.4, 0.5) is 0 Å². The highest BCUT2D eigenvalue weighted by Gasteiger charge is 2.64. The smallest absolute Gasteiger partial charge is 0.132 e. The molecule has 3 N–H and O–H groups in total. The van der Waals surface area contributed by atoms with Crippen LogP contribution in [0, 0.1) is 11.8 Å². The lowest BCUT2D eigenvalue weighted by Gasteiger charge is -2.40. The monoisotopic (exact) mass is 496 g/mol. The van der Waals surface area contributed by atoms with E-state index in [2.05, 4.69) is 19.1 Å². The normalized spacial score (nSPS) is 39.0. The molecule has 1 aromatic carbocycles. The highest BCUT2D eigenvalue weighted by Crippen LogP contribution is 2.64. The maximum atomic E-state index is 10.5. The molecule has 3 heterocycles. The van der Waals surface area contributed by atoms with Gasteiger partial charge in [0, 0.05) is 33.2 Å². The van der Waals surface area contributed by atoms with Gasteiger partial charge in [0.1, 0.15) is 29.9 Å². The quantitative estimate of drug-likeness (QED) is 0.585. The molecule has 3 fully saturated rings. The Balaban J connectivity index is 1.37. The van der Waals surface area contributed by atoms with Crippen LogP contribution in [-0.2, 0) is 21.3 Å². The zero-order valence-corrected chi connectivity index (χ0v) is 20.5. The molecule has 2 aliphatic heterocycles. The molecule has 2 saturated heterocycles. The Morgan fingerprint density at radius 3 is 2.72 bits per heavy atom. The predicted molar refractivity (Wildman–Crippen MR) is 127 cm³/mol. The molecule has 0 amide bonds. The van der Waals surface area contributed by atoms with Gasteiger partial charge in [-0.05, 0) is 53.8 Å². The van der Waals surface area contributed by atoms with E-state index in [1.54, 1.807) is 6.26 Å². The summed E-state index contributed by atoms with van der Waals surface area (Å²) in [6.45, 7) is 4.04. The van der Waals surface area contributed by atoms with E-state index < -0.39 is 29.9 Å². The number of hydrogen-bond donors (Lipinski definition) is 3. The van der Waals surface area contributed by atoms with E-state index in [9.17, 15) is 15.3 Å². The summed E-state index contributed by atoms with van der Waals surface area (Å²) in [5.74, 6) is 1.30. The van der Waals surface area contributed by atoms with Crippen LogP contribution < -0.4 is 0 Å². The van der Waals surface area contributed by atoms with Crippen LogP contribution in [-0.4, -0.2) is 58.5 Å². The van der Waals surface area contributed by atoms with E-state index in [1.165, 1.54) is 21.5 Å². The Morgan fingerprint density at radius 1 is 1.16 bits per heavy atom. The molecule has 8 heteroatoms. The van der Waals surface area contributed by atoms with E-state index in [0.29, 0.717) is 23.3 Å². The molecule has 8 atom stereocenters. The van der Waals surface area contributed by atoms with Crippen LogP contribution in [0.25, 0.3) is 0 Å². The molecule has 5 rings (SSSR count). The summed E-state index contributed by atoms with van der Waals surface area (Å²) in [5, 5.41) is 31.6. The van der Waals surface area contributed by atoms with Gasteiger partial charge in [-0.15, -0.1) is 23.1 Å². The third-order valence-electron chi connectivity index (χ3n) is 7.61. The summed E-state index contributed by atoms with van der Waals surface area (Å²) in [4.78, 5) is 2.70. The molecule has 0 spiro atoms. The van der Waals surface area contributed by atoms with Gasteiger partial charge in [-0.25, -0.2) is 0 Å². The highest BCUT2D eigenvalue weighted by atomic mass is 35.5. The number of halogens is 1. The van der Waals surface area contributed by atoms with Crippen molar-refractivity contribution in [2.75, 3.05) is 19.5 Å². The SMILES string of the molecule is CS[C@H]1O[C@@H](c2ccc(Cl)c(Cc3ccc([C@@]45CCOC[C@@H]4[C@@H]5C)s3)c2)[C@H](O)[C@@H](O)[C@@H]1O.